The molecular weight excluding hydrogens is 186 g/mol. The van der Waals surface area contributed by atoms with Gasteiger partial charge in [-0.2, -0.15) is 0 Å². The lowest BCUT2D eigenvalue weighted by Crippen LogP contribution is -2.15. The molecule has 0 aliphatic heterocycles. The third-order valence-electron chi connectivity index (χ3n) is 1.14. The van der Waals surface area contributed by atoms with Crippen molar-refractivity contribution in [2.75, 3.05) is 19.8 Å². The average molecular weight is 197 g/mol. The minimum absolute atomic E-state index is 0.0184. The molecule has 0 radical (unpaired) electrons. The fraction of sp³-hybridized carbons (Fsp3) is 0.444. The van der Waals surface area contributed by atoms with Crippen molar-refractivity contribution in [1.29, 1.82) is 0 Å². The van der Waals surface area contributed by atoms with Gasteiger partial charge in [0.15, 0.2) is 0 Å². The Morgan fingerprint density at radius 1 is 1.36 bits per heavy atom. The summed E-state index contributed by atoms with van der Waals surface area (Å²) in [5.41, 5.74) is 0.289. The van der Waals surface area contributed by atoms with Gasteiger partial charge in [-0.15, -0.1) is 0 Å². The van der Waals surface area contributed by atoms with Gasteiger partial charge in [0.25, 0.3) is 0 Å². The molecule has 0 bridgehead atoms. The van der Waals surface area contributed by atoms with Crippen molar-refractivity contribution in [2.45, 2.75) is 6.92 Å². The second kappa shape index (κ2) is 6.66. The molecule has 0 fully saturated rings. The summed E-state index contributed by atoms with van der Waals surface area (Å²) in [6, 6.07) is 0. The molecule has 0 aliphatic rings. The number of carbonyl (C=O) groups is 2. The molecule has 0 heterocycles. The minimum atomic E-state index is -0.619. The zero-order valence-electron chi connectivity index (χ0n) is 7.91. The quantitative estimate of drug-likeness (QED) is 0.280. The third kappa shape index (κ3) is 5.77. The predicted octanol–water partition coefficient (Wildman–Crippen LogP) is 0.568. The largest absolute Gasteiger partial charge is 0.459 e. The standard InChI is InChI=1S/C9H11NO4/c1-7(2)9(12)14-5-4-13-8(11)6-10-3/h1,4-6H2,2H3. The van der Waals surface area contributed by atoms with Crippen LogP contribution < -0.4 is 0 Å². The molecular formula is C9H11NO4. The molecule has 0 rings (SSSR count). The lowest BCUT2D eigenvalue weighted by molar-refractivity contribution is -0.148. The van der Waals surface area contributed by atoms with E-state index in [1.165, 1.54) is 6.92 Å². The summed E-state index contributed by atoms with van der Waals surface area (Å²) in [7, 11) is 0. The molecule has 0 N–H and O–H groups in total. The summed E-state index contributed by atoms with van der Waals surface area (Å²) in [6.45, 7) is 10.9. The van der Waals surface area contributed by atoms with Gasteiger partial charge in [0.2, 0.25) is 0 Å². The zero-order valence-corrected chi connectivity index (χ0v) is 7.91. The summed E-state index contributed by atoms with van der Waals surface area (Å²) in [5.74, 6) is -1.14. The van der Waals surface area contributed by atoms with Crippen molar-refractivity contribution in [3.63, 3.8) is 0 Å². The van der Waals surface area contributed by atoms with E-state index in [0.717, 1.165) is 0 Å². The highest BCUT2D eigenvalue weighted by Crippen LogP contribution is 1.91. The molecule has 0 spiro atoms. The maximum atomic E-state index is 10.8. The second-order valence-electron chi connectivity index (χ2n) is 2.45. The molecule has 76 valence electrons. The van der Waals surface area contributed by atoms with E-state index in [-0.39, 0.29) is 25.3 Å². The van der Waals surface area contributed by atoms with E-state index >= 15 is 0 Å². The first-order valence-electron chi connectivity index (χ1n) is 3.89. The SMILES string of the molecule is [C-]#[N+]CC(=O)OCCOC(=O)C(=C)C. The molecule has 5 heteroatoms. The van der Waals surface area contributed by atoms with Crippen LogP contribution in [-0.4, -0.2) is 31.7 Å². The van der Waals surface area contributed by atoms with E-state index in [1.807, 2.05) is 0 Å². The van der Waals surface area contributed by atoms with E-state index < -0.39 is 11.9 Å². The third-order valence-corrected chi connectivity index (χ3v) is 1.14. The number of nitrogens with zero attached hydrogens (tertiary/aromatic N) is 1. The van der Waals surface area contributed by atoms with Crippen molar-refractivity contribution in [2.24, 2.45) is 0 Å². The fourth-order valence-corrected chi connectivity index (χ4v) is 0.523. The lowest BCUT2D eigenvalue weighted by atomic mass is 10.4. The molecule has 0 saturated heterocycles. The molecule has 0 aromatic heterocycles. The van der Waals surface area contributed by atoms with Crippen LogP contribution in [0.3, 0.4) is 0 Å². The van der Waals surface area contributed by atoms with Gasteiger partial charge in [0.05, 0.1) is 0 Å². The molecule has 0 unspecified atom stereocenters. The maximum absolute atomic E-state index is 10.8. The first-order chi connectivity index (χ1) is 6.57. The van der Waals surface area contributed by atoms with Gasteiger partial charge in [-0.1, -0.05) is 6.58 Å². The van der Waals surface area contributed by atoms with Gasteiger partial charge < -0.3 is 14.3 Å². The summed E-state index contributed by atoms with van der Waals surface area (Å²) in [5, 5.41) is 0. The Morgan fingerprint density at radius 3 is 2.43 bits per heavy atom. The Balaban J connectivity index is 3.48. The molecule has 14 heavy (non-hydrogen) atoms. The molecule has 0 atom stereocenters. The van der Waals surface area contributed by atoms with Crippen molar-refractivity contribution in [3.05, 3.63) is 23.6 Å². The monoisotopic (exact) mass is 197 g/mol. The minimum Gasteiger partial charge on any atom is -0.459 e. The maximum Gasteiger partial charge on any atom is 0.387 e. The summed E-state index contributed by atoms with van der Waals surface area (Å²) >= 11 is 0. The van der Waals surface area contributed by atoms with Gasteiger partial charge in [0, 0.05) is 5.57 Å². The smallest absolute Gasteiger partial charge is 0.387 e. The number of rotatable bonds is 5. The van der Waals surface area contributed by atoms with Crippen LogP contribution in [-0.2, 0) is 19.1 Å². The van der Waals surface area contributed by atoms with Crippen molar-refractivity contribution in [3.8, 4) is 0 Å². The lowest BCUT2D eigenvalue weighted by Gasteiger charge is -2.03. The van der Waals surface area contributed by atoms with Crippen molar-refractivity contribution < 1.29 is 19.1 Å². The Kier molecular flexibility index (Phi) is 5.79. The van der Waals surface area contributed by atoms with Gasteiger partial charge in [-0.25, -0.2) is 16.2 Å². The number of esters is 2. The van der Waals surface area contributed by atoms with Crippen LogP contribution in [0.1, 0.15) is 6.92 Å². The topological polar surface area (TPSA) is 57.0 Å². The highest BCUT2D eigenvalue weighted by molar-refractivity contribution is 5.86. The molecule has 0 aliphatic carbocycles. The Bertz CT molecular complexity index is 277. The first kappa shape index (κ1) is 12.2. The van der Waals surface area contributed by atoms with E-state index in [4.69, 9.17) is 6.57 Å². The molecule has 0 aromatic rings. The Morgan fingerprint density at radius 2 is 1.93 bits per heavy atom. The number of hydrogen-bond donors (Lipinski definition) is 0. The summed E-state index contributed by atoms with van der Waals surface area (Å²) in [6.07, 6.45) is 0. The van der Waals surface area contributed by atoms with Crippen LogP contribution in [0, 0.1) is 6.57 Å². The first-order valence-corrected chi connectivity index (χ1v) is 3.89. The Labute approximate surface area is 82.1 Å². The van der Waals surface area contributed by atoms with Crippen LogP contribution in [0.25, 0.3) is 4.85 Å². The van der Waals surface area contributed by atoms with Gasteiger partial charge in [-0.3, -0.25) is 0 Å². The Hall–Kier alpha value is -1.83. The van der Waals surface area contributed by atoms with E-state index in [2.05, 4.69) is 20.9 Å². The number of carbonyl (C=O) groups excluding carboxylic acids is 2. The van der Waals surface area contributed by atoms with Crippen LogP contribution in [0.5, 0.6) is 0 Å². The highest BCUT2D eigenvalue weighted by atomic mass is 16.6. The number of ether oxygens (including phenoxy) is 2. The van der Waals surface area contributed by atoms with Gasteiger partial charge in [0.1, 0.15) is 13.2 Å². The van der Waals surface area contributed by atoms with Crippen LogP contribution in [0.2, 0.25) is 0 Å². The highest BCUT2D eigenvalue weighted by Gasteiger charge is 2.06. The number of hydrogen-bond acceptors (Lipinski definition) is 4. The van der Waals surface area contributed by atoms with Crippen LogP contribution in [0.15, 0.2) is 12.2 Å². The van der Waals surface area contributed by atoms with Crippen molar-refractivity contribution >= 4 is 11.9 Å². The zero-order chi connectivity index (χ0) is 11.0. The predicted molar refractivity (Wildman–Crippen MR) is 48.2 cm³/mol. The summed E-state index contributed by atoms with van der Waals surface area (Å²) < 4.78 is 9.19. The van der Waals surface area contributed by atoms with Gasteiger partial charge in [-0.05, 0) is 6.92 Å². The van der Waals surface area contributed by atoms with E-state index in [1.54, 1.807) is 0 Å². The van der Waals surface area contributed by atoms with Crippen molar-refractivity contribution in [1.82, 2.24) is 0 Å². The second-order valence-corrected chi connectivity index (χ2v) is 2.45. The molecule has 0 aromatic carbocycles. The normalized spacial score (nSPS) is 8.57. The van der Waals surface area contributed by atoms with E-state index in [9.17, 15) is 9.59 Å². The van der Waals surface area contributed by atoms with E-state index in [0.29, 0.717) is 0 Å². The van der Waals surface area contributed by atoms with Crippen LogP contribution in [0.4, 0.5) is 0 Å². The van der Waals surface area contributed by atoms with Crippen LogP contribution >= 0.6 is 0 Å². The average Bonchev–Trinajstić information content (AvgIpc) is 2.12. The summed E-state index contributed by atoms with van der Waals surface area (Å²) in [4.78, 5) is 24.3. The molecule has 0 saturated carbocycles. The molecule has 0 amide bonds. The van der Waals surface area contributed by atoms with Gasteiger partial charge >= 0.3 is 18.5 Å². The molecule has 5 nitrogen and oxygen atoms in total. The fourth-order valence-electron chi connectivity index (χ4n) is 0.523.